The zero-order valence-corrected chi connectivity index (χ0v) is 12.5. The minimum Gasteiger partial charge on any atom is -0.490 e. The summed E-state index contributed by atoms with van der Waals surface area (Å²) in [5, 5.41) is 8.25. The summed E-state index contributed by atoms with van der Waals surface area (Å²) < 4.78 is 6.23. The second kappa shape index (κ2) is 5.44. The Bertz CT molecular complexity index is 582. The van der Waals surface area contributed by atoms with Crippen molar-refractivity contribution >= 4 is 10.9 Å². The van der Waals surface area contributed by atoms with Crippen molar-refractivity contribution in [2.45, 2.75) is 44.8 Å². The van der Waals surface area contributed by atoms with Crippen molar-refractivity contribution in [2.24, 2.45) is 0 Å². The van der Waals surface area contributed by atoms with Crippen molar-refractivity contribution in [2.75, 3.05) is 14.1 Å². The van der Waals surface area contributed by atoms with Crippen LogP contribution >= 0.6 is 0 Å². The van der Waals surface area contributed by atoms with Gasteiger partial charge >= 0.3 is 0 Å². The van der Waals surface area contributed by atoms with Gasteiger partial charge in [-0.2, -0.15) is 5.10 Å². The molecule has 1 aliphatic carbocycles. The first kappa shape index (κ1) is 13.4. The number of benzene rings is 1. The molecule has 0 atom stereocenters. The highest BCUT2D eigenvalue weighted by molar-refractivity contribution is 5.83. The van der Waals surface area contributed by atoms with E-state index in [9.17, 15) is 0 Å². The highest BCUT2D eigenvalue weighted by Crippen LogP contribution is 2.30. The number of hydrogen-bond donors (Lipinski definition) is 1. The number of aryl methyl sites for hydroxylation is 1. The van der Waals surface area contributed by atoms with E-state index in [0.717, 1.165) is 29.5 Å². The molecule has 4 heteroatoms. The van der Waals surface area contributed by atoms with E-state index < -0.39 is 0 Å². The summed E-state index contributed by atoms with van der Waals surface area (Å²) in [4.78, 5) is 2.33. The number of nitrogens with zero attached hydrogens (tertiary/aromatic N) is 2. The topological polar surface area (TPSA) is 41.1 Å². The van der Waals surface area contributed by atoms with E-state index in [4.69, 9.17) is 4.74 Å². The van der Waals surface area contributed by atoms with Gasteiger partial charge in [0.1, 0.15) is 5.75 Å². The van der Waals surface area contributed by atoms with E-state index >= 15 is 0 Å². The highest BCUT2D eigenvalue weighted by Gasteiger charge is 2.24. The van der Waals surface area contributed by atoms with E-state index in [0.29, 0.717) is 12.1 Å². The first-order chi connectivity index (χ1) is 9.65. The van der Waals surface area contributed by atoms with Gasteiger partial charge < -0.3 is 9.64 Å². The summed E-state index contributed by atoms with van der Waals surface area (Å²) in [5.41, 5.74) is 2.26. The summed E-state index contributed by atoms with van der Waals surface area (Å²) in [5.74, 6) is 1.01. The van der Waals surface area contributed by atoms with Crippen LogP contribution in [-0.4, -0.2) is 41.3 Å². The maximum absolute atomic E-state index is 6.23. The molecule has 1 aliphatic rings. The molecule has 0 unspecified atom stereocenters. The van der Waals surface area contributed by atoms with E-state index in [1.165, 1.54) is 18.4 Å². The van der Waals surface area contributed by atoms with Crippen LogP contribution in [0.15, 0.2) is 18.3 Å². The van der Waals surface area contributed by atoms with Gasteiger partial charge in [0.25, 0.3) is 0 Å². The van der Waals surface area contributed by atoms with Crippen LogP contribution in [0.5, 0.6) is 5.75 Å². The van der Waals surface area contributed by atoms with Crippen molar-refractivity contribution in [3.63, 3.8) is 0 Å². The van der Waals surface area contributed by atoms with Gasteiger partial charge in [-0.3, -0.25) is 5.10 Å². The minimum atomic E-state index is 0.356. The molecular weight excluding hydrogens is 250 g/mol. The number of fused-ring (bicyclic) bond motifs is 1. The molecule has 0 saturated heterocycles. The third-order valence-corrected chi connectivity index (χ3v) is 4.51. The van der Waals surface area contributed by atoms with Crippen molar-refractivity contribution in [1.29, 1.82) is 0 Å². The van der Waals surface area contributed by atoms with Gasteiger partial charge in [-0.05, 0) is 58.8 Å². The van der Waals surface area contributed by atoms with E-state index in [2.05, 4.69) is 48.2 Å². The maximum Gasteiger partial charge on any atom is 0.123 e. The lowest BCUT2D eigenvalue weighted by atomic mass is 9.92. The van der Waals surface area contributed by atoms with Crippen LogP contribution in [-0.2, 0) is 0 Å². The standard InChI is InChI=1S/C16H23N3O/c1-11-14-10-17-18-15(14)8-9-16(11)20-13-6-4-12(5-7-13)19(2)3/h8-10,12-13H,4-7H2,1-3H3,(H,17,18). The molecule has 4 nitrogen and oxygen atoms in total. The average molecular weight is 273 g/mol. The Labute approximate surface area is 120 Å². The largest absolute Gasteiger partial charge is 0.490 e. The molecule has 1 heterocycles. The Morgan fingerprint density at radius 1 is 1.20 bits per heavy atom. The van der Waals surface area contributed by atoms with Crippen molar-refractivity contribution in [3.05, 3.63) is 23.9 Å². The third kappa shape index (κ3) is 2.52. The lowest BCUT2D eigenvalue weighted by Gasteiger charge is -2.33. The SMILES string of the molecule is Cc1c(OC2CCC(N(C)C)CC2)ccc2[nH]ncc12. The first-order valence-electron chi connectivity index (χ1n) is 7.41. The molecule has 0 spiro atoms. The monoisotopic (exact) mass is 273 g/mol. The number of ether oxygens (including phenoxy) is 1. The minimum absolute atomic E-state index is 0.356. The highest BCUT2D eigenvalue weighted by atomic mass is 16.5. The van der Waals surface area contributed by atoms with Gasteiger partial charge in [0.15, 0.2) is 0 Å². The van der Waals surface area contributed by atoms with Gasteiger partial charge in [0.2, 0.25) is 0 Å². The molecule has 0 aliphatic heterocycles. The normalized spacial score (nSPS) is 23.4. The molecule has 1 saturated carbocycles. The Morgan fingerprint density at radius 3 is 2.65 bits per heavy atom. The fraction of sp³-hybridized carbons (Fsp3) is 0.562. The van der Waals surface area contributed by atoms with E-state index in [1.807, 2.05) is 6.20 Å². The van der Waals surface area contributed by atoms with Crippen LogP contribution in [0, 0.1) is 6.92 Å². The predicted molar refractivity (Wildman–Crippen MR) is 81.2 cm³/mol. The van der Waals surface area contributed by atoms with Crippen LogP contribution in [0.1, 0.15) is 31.2 Å². The van der Waals surface area contributed by atoms with E-state index in [1.54, 1.807) is 0 Å². The fourth-order valence-corrected chi connectivity index (χ4v) is 3.13. The predicted octanol–water partition coefficient (Wildman–Crippen LogP) is 3.12. The zero-order chi connectivity index (χ0) is 14.1. The molecule has 0 bridgehead atoms. The summed E-state index contributed by atoms with van der Waals surface area (Å²) in [6.07, 6.45) is 6.97. The van der Waals surface area contributed by atoms with Gasteiger partial charge in [-0.1, -0.05) is 0 Å². The van der Waals surface area contributed by atoms with Crippen LogP contribution in [0.4, 0.5) is 0 Å². The molecular formula is C16H23N3O. The smallest absolute Gasteiger partial charge is 0.123 e. The van der Waals surface area contributed by atoms with Crippen LogP contribution in [0.25, 0.3) is 10.9 Å². The van der Waals surface area contributed by atoms with Crippen molar-refractivity contribution in [1.82, 2.24) is 15.1 Å². The van der Waals surface area contributed by atoms with Crippen LogP contribution < -0.4 is 4.74 Å². The number of nitrogens with one attached hydrogen (secondary N) is 1. The fourth-order valence-electron chi connectivity index (χ4n) is 3.13. The van der Waals surface area contributed by atoms with Gasteiger partial charge in [0.05, 0.1) is 17.8 Å². The van der Waals surface area contributed by atoms with Crippen LogP contribution in [0.3, 0.4) is 0 Å². The lowest BCUT2D eigenvalue weighted by Crippen LogP contribution is -2.35. The van der Waals surface area contributed by atoms with Crippen LogP contribution in [0.2, 0.25) is 0 Å². The first-order valence-corrected chi connectivity index (χ1v) is 7.41. The molecule has 1 aromatic carbocycles. The summed E-state index contributed by atoms with van der Waals surface area (Å²) >= 11 is 0. The maximum atomic E-state index is 6.23. The Morgan fingerprint density at radius 2 is 1.95 bits per heavy atom. The van der Waals surface area contributed by atoms with Crippen molar-refractivity contribution < 1.29 is 4.74 Å². The zero-order valence-electron chi connectivity index (χ0n) is 12.5. The van der Waals surface area contributed by atoms with Gasteiger partial charge in [0, 0.05) is 17.0 Å². The second-order valence-electron chi connectivity index (χ2n) is 6.03. The van der Waals surface area contributed by atoms with Crippen molar-refractivity contribution in [3.8, 4) is 5.75 Å². The van der Waals surface area contributed by atoms with Gasteiger partial charge in [-0.15, -0.1) is 0 Å². The molecule has 1 N–H and O–H groups in total. The number of hydrogen-bond acceptors (Lipinski definition) is 3. The third-order valence-electron chi connectivity index (χ3n) is 4.51. The molecule has 108 valence electrons. The molecule has 3 rings (SSSR count). The molecule has 0 radical (unpaired) electrons. The summed E-state index contributed by atoms with van der Waals surface area (Å²) in [6.45, 7) is 2.11. The molecule has 1 fully saturated rings. The van der Waals surface area contributed by atoms with Gasteiger partial charge in [-0.25, -0.2) is 0 Å². The molecule has 2 aromatic rings. The summed E-state index contributed by atoms with van der Waals surface area (Å²) in [7, 11) is 4.34. The Balaban J connectivity index is 1.69. The number of rotatable bonds is 3. The Hall–Kier alpha value is -1.55. The molecule has 0 amide bonds. The summed E-state index contributed by atoms with van der Waals surface area (Å²) in [6, 6.07) is 4.83. The molecule has 1 aromatic heterocycles. The average Bonchev–Trinajstić information content (AvgIpc) is 2.92. The Kier molecular flexibility index (Phi) is 3.66. The lowest BCUT2D eigenvalue weighted by molar-refractivity contribution is 0.111. The molecule has 20 heavy (non-hydrogen) atoms. The number of aromatic amines is 1. The quantitative estimate of drug-likeness (QED) is 0.934. The second-order valence-corrected chi connectivity index (χ2v) is 6.03. The number of H-pyrrole nitrogens is 1. The van der Waals surface area contributed by atoms with E-state index in [-0.39, 0.29) is 0 Å². The number of aromatic nitrogens is 2.